The molecule has 25 heavy (non-hydrogen) atoms. The molecule has 1 aromatic carbocycles. The Morgan fingerprint density at radius 1 is 1.32 bits per heavy atom. The van der Waals surface area contributed by atoms with Crippen LogP contribution in [0.5, 0.6) is 0 Å². The van der Waals surface area contributed by atoms with Crippen molar-refractivity contribution in [1.29, 1.82) is 0 Å². The highest BCUT2D eigenvalue weighted by atomic mass is 32.2. The number of carbonyl (C=O) groups is 1. The molecule has 0 atom stereocenters. The number of benzene rings is 1. The van der Waals surface area contributed by atoms with E-state index < -0.39 is 0 Å². The summed E-state index contributed by atoms with van der Waals surface area (Å²) in [5.74, 6) is -0.227. The molecule has 2 heterocycles. The molecular weight excluding hydrogens is 340 g/mol. The van der Waals surface area contributed by atoms with Gasteiger partial charge in [-0.15, -0.1) is 0 Å². The lowest BCUT2D eigenvalue weighted by molar-refractivity contribution is -0.140. The molecule has 3 rings (SSSR count). The van der Waals surface area contributed by atoms with Crippen LogP contribution in [-0.4, -0.2) is 38.1 Å². The molecule has 0 aliphatic rings. The van der Waals surface area contributed by atoms with Crippen molar-refractivity contribution in [2.45, 2.75) is 24.9 Å². The number of nitrogens with one attached hydrogen (secondary N) is 1. The number of hydrogen-bond acceptors (Lipinski definition) is 6. The number of hydrogen-bond donors (Lipinski definition) is 1. The summed E-state index contributed by atoms with van der Waals surface area (Å²) in [6, 6.07) is 9.44. The minimum Gasteiger partial charge on any atom is -0.465 e. The second-order valence-corrected chi connectivity index (χ2v) is 6.33. The number of ether oxygens (including phenoxy) is 1. The Bertz CT molecular complexity index is 921. The first-order valence-corrected chi connectivity index (χ1v) is 8.99. The highest BCUT2D eigenvalue weighted by molar-refractivity contribution is 7.99. The Morgan fingerprint density at radius 3 is 2.88 bits per heavy atom. The van der Waals surface area contributed by atoms with E-state index in [1.54, 1.807) is 4.68 Å². The number of carbonyl (C=O) groups excluding carboxylic acids is 1. The van der Waals surface area contributed by atoms with Gasteiger partial charge in [0.1, 0.15) is 5.39 Å². The van der Waals surface area contributed by atoms with Crippen LogP contribution in [0.1, 0.15) is 19.8 Å². The number of fused-ring (bicyclic) bond motifs is 1. The summed E-state index contributed by atoms with van der Waals surface area (Å²) in [5.41, 5.74) is 0.983. The Balaban J connectivity index is 1.81. The van der Waals surface area contributed by atoms with Crippen molar-refractivity contribution in [2.24, 2.45) is 0 Å². The Hall–Kier alpha value is -2.61. The molecule has 0 bridgehead atoms. The number of aromatic nitrogens is 4. The first kappa shape index (κ1) is 17.2. The van der Waals surface area contributed by atoms with Crippen LogP contribution in [0.2, 0.25) is 0 Å². The third-order valence-electron chi connectivity index (χ3n) is 3.50. The number of esters is 1. The fourth-order valence-electron chi connectivity index (χ4n) is 2.22. The number of unbranched alkanes of at least 4 members (excludes halogenated alkanes) is 1. The summed E-state index contributed by atoms with van der Waals surface area (Å²) < 4.78 is 6.71. The normalized spacial score (nSPS) is 10.9. The molecule has 3 aromatic rings. The first-order valence-electron chi connectivity index (χ1n) is 8.01. The van der Waals surface area contributed by atoms with E-state index in [9.17, 15) is 9.59 Å². The molecule has 2 aromatic heterocycles. The van der Waals surface area contributed by atoms with E-state index in [0.29, 0.717) is 22.8 Å². The van der Waals surface area contributed by atoms with Gasteiger partial charge in [0.15, 0.2) is 10.8 Å². The van der Waals surface area contributed by atoms with Crippen molar-refractivity contribution in [3.8, 4) is 5.69 Å². The average Bonchev–Trinajstić information content (AvgIpc) is 3.05. The zero-order chi connectivity index (χ0) is 17.6. The van der Waals surface area contributed by atoms with Crippen molar-refractivity contribution >= 4 is 28.8 Å². The number of nitrogens with zero attached hydrogens (tertiary/aromatic N) is 3. The molecule has 130 valence electrons. The van der Waals surface area contributed by atoms with Crippen LogP contribution in [0.3, 0.4) is 0 Å². The number of H-pyrrole nitrogens is 1. The minimum atomic E-state index is -0.322. The van der Waals surface area contributed by atoms with Crippen molar-refractivity contribution in [3.63, 3.8) is 0 Å². The predicted molar refractivity (Wildman–Crippen MR) is 96.1 cm³/mol. The van der Waals surface area contributed by atoms with Gasteiger partial charge in [0.25, 0.3) is 5.56 Å². The molecule has 0 radical (unpaired) electrons. The summed E-state index contributed by atoms with van der Waals surface area (Å²) in [6.45, 7) is 2.45. The summed E-state index contributed by atoms with van der Waals surface area (Å²) >= 11 is 1.14. The highest BCUT2D eigenvalue weighted by Crippen LogP contribution is 2.17. The Morgan fingerprint density at radius 2 is 2.12 bits per heavy atom. The van der Waals surface area contributed by atoms with Gasteiger partial charge in [0.2, 0.25) is 0 Å². The van der Waals surface area contributed by atoms with E-state index in [1.165, 1.54) is 6.20 Å². The van der Waals surface area contributed by atoms with E-state index >= 15 is 0 Å². The molecule has 0 spiro atoms. The quantitative estimate of drug-likeness (QED) is 0.302. The molecule has 0 saturated carbocycles. The van der Waals surface area contributed by atoms with Gasteiger partial charge in [0, 0.05) is 0 Å². The van der Waals surface area contributed by atoms with Crippen LogP contribution in [0.4, 0.5) is 0 Å². The number of rotatable bonds is 7. The van der Waals surface area contributed by atoms with Crippen LogP contribution in [0, 0.1) is 0 Å². The fraction of sp³-hybridized carbons (Fsp3) is 0.294. The maximum absolute atomic E-state index is 12.2. The average molecular weight is 358 g/mol. The minimum absolute atomic E-state index is 0.0949. The third kappa shape index (κ3) is 4.08. The Kier molecular flexibility index (Phi) is 5.49. The van der Waals surface area contributed by atoms with Gasteiger partial charge in [0.05, 0.1) is 24.2 Å². The first-order chi connectivity index (χ1) is 12.2. The standard InChI is InChI=1S/C17H18N4O3S/c1-2-3-9-24-14(22)11-25-17-19-15-13(16(23)20-17)10-18-21(15)12-7-5-4-6-8-12/h4-8,10H,2-3,9,11H2,1H3,(H,19,20,23). The summed E-state index contributed by atoms with van der Waals surface area (Å²) in [4.78, 5) is 31.0. The van der Waals surface area contributed by atoms with Gasteiger partial charge in [-0.3, -0.25) is 9.59 Å². The van der Waals surface area contributed by atoms with Crippen LogP contribution in [0.25, 0.3) is 16.7 Å². The van der Waals surface area contributed by atoms with Crippen LogP contribution in [-0.2, 0) is 9.53 Å². The van der Waals surface area contributed by atoms with Gasteiger partial charge in [-0.1, -0.05) is 43.3 Å². The van der Waals surface area contributed by atoms with Crippen molar-refractivity contribution in [3.05, 3.63) is 46.9 Å². The van der Waals surface area contributed by atoms with E-state index in [1.807, 2.05) is 37.3 Å². The number of thioether (sulfide) groups is 1. The lowest BCUT2D eigenvalue weighted by atomic mass is 10.3. The zero-order valence-electron chi connectivity index (χ0n) is 13.8. The molecule has 0 amide bonds. The highest BCUT2D eigenvalue weighted by Gasteiger charge is 2.13. The van der Waals surface area contributed by atoms with E-state index in [2.05, 4.69) is 15.1 Å². The van der Waals surface area contributed by atoms with Gasteiger partial charge in [-0.25, -0.2) is 9.67 Å². The largest absolute Gasteiger partial charge is 0.465 e. The smallest absolute Gasteiger partial charge is 0.316 e. The molecule has 7 nitrogen and oxygen atoms in total. The van der Waals surface area contributed by atoms with Crippen LogP contribution < -0.4 is 5.56 Å². The van der Waals surface area contributed by atoms with Gasteiger partial charge in [-0.2, -0.15) is 5.10 Å². The van der Waals surface area contributed by atoms with Crippen molar-refractivity contribution in [1.82, 2.24) is 19.7 Å². The maximum Gasteiger partial charge on any atom is 0.316 e. The van der Waals surface area contributed by atoms with Gasteiger partial charge < -0.3 is 9.72 Å². The summed E-state index contributed by atoms with van der Waals surface area (Å²) in [7, 11) is 0. The van der Waals surface area contributed by atoms with Gasteiger partial charge >= 0.3 is 5.97 Å². The summed E-state index contributed by atoms with van der Waals surface area (Å²) in [5, 5.41) is 5.01. The maximum atomic E-state index is 12.2. The lowest BCUT2D eigenvalue weighted by Crippen LogP contribution is -2.12. The molecule has 0 aliphatic carbocycles. The molecule has 0 unspecified atom stereocenters. The van der Waals surface area contributed by atoms with Crippen molar-refractivity contribution in [2.75, 3.05) is 12.4 Å². The predicted octanol–water partition coefficient (Wildman–Crippen LogP) is 2.54. The van der Waals surface area contributed by atoms with E-state index in [-0.39, 0.29) is 17.3 Å². The zero-order valence-corrected chi connectivity index (χ0v) is 14.6. The SMILES string of the molecule is CCCCOC(=O)CSc1nc2c(cnn2-c2ccccc2)c(=O)[nH]1. The number of para-hydroxylation sites is 1. The second-order valence-electron chi connectivity index (χ2n) is 5.36. The molecule has 0 aliphatic heterocycles. The molecule has 1 N–H and O–H groups in total. The second kappa shape index (κ2) is 7.98. The van der Waals surface area contributed by atoms with Crippen LogP contribution in [0.15, 0.2) is 46.5 Å². The molecule has 0 saturated heterocycles. The topological polar surface area (TPSA) is 89.9 Å². The van der Waals surface area contributed by atoms with Crippen molar-refractivity contribution < 1.29 is 9.53 Å². The summed E-state index contributed by atoms with van der Waals surface area (Å²) in [6.07, 6.45) is 3.30. The number of aromatic amines is 1. The van der Waals surface area contributed by atoms with E-state index in [4.69, 9.17) is 4.74 Å². The third-order valence-corrected chi connectivity index (χ3v) is 4.35. The van der Waals surface area contributed by atoms with E-state index in [0.717, 1.165) is 30.3 Å². The lowest BCUT2D eigenvalue weighted by Gasteiger charge is -2.05. The molecule has 0 fully saturated rings. The molecule has 8 heteroatoms. The monoisotopic (exact) mass is 358 g/mol. The van der Waals surface area contributed by atoms with Gasteiger partial charge in [-0.05, 0) is 18.6 Å². The van der Waals surface area contributed by atoms with Crippen LogP contribution >= 0.6 is 11.8 Å². The fourth-order valence-corrected chi connectivity index (χ4v) is 2.88. The molecular formula is C17H18N4O3S. The Labute approximate surface area is 148 Å².